The van der Waals surface area contributed by atoms with E-state index < -0.39 is 24.2 Å². The number of carboxylic acid groups (broad SMARTS) is 1. The Kier molecular flexibility index (Phi) is 3.30. The van der Waals surface area contributed by atoms with Crippen molar-refractivity contribution in [2.45, 2.75) is 26.0 Å². The van der Waals surface area contributed by atoms with E-state index in [1.165, 1.54) is 0 Å². The number of ether oxygens (including phenoxy) is 1. The van der Waals surface area contributed by atoms with Crippen LogP contribution in [-0.2, 0) is 9.53 Å². The average molecular weight is 314 g/mol. The summed E-state index contributed by atoms with van der Waals surface area (Å²) in [6.45, 7) is 3.48. The number of cyclic esters (lactones) is 1. The normalized spacial score (nSPS) is 23.1. The number of aliphatic carboxylic acids is 1. The Hall–Kier alpha value is -1.56. The van der Waals surface area contributed by atoms with Crippen molar-refractivity contribution in [2.75, 3.05) is 4.90 Å². The molecule has 6 heteroatoms. The van der Waals surface area contributed by atoms with Crippen LogP contribution in [0.2, 0.25) is 0 Å². The summed E-state index contributed by atoms with van der Waals surface area (Å²) >= 11 is 3.34. The van der Waals surface area contributed by atoms with E-state index in [0.717, 1.165) is 10.5 Å². The van der Waals surface area contributed by atoms with Crippen molar-refractivity contribution in [2.24, 2.45) is 0 Å². The fourth-order valence-corrected chi connectivity index (χ4v) is 2.65. The van der Waals surface area contributed by atoms with E-state index in [9.17, 15) is 14.7 Å². The molecule has 1 aliphatic rings. The number of carbonyl (C=O) groups excluding carboxylic acids is 1. The van der Waals surface area contributed by atoms with Gasteiger partial charge < -0.3 is 9.84 Å². The molecule has 0 saturated carbocycles. The summed E-state index contributed by atoms with van der Waals surface area (Å²) in [4.78, 5) is 24.2. The minimum absolute atomic E-state index is 0.502. The summed E-state index contributed by atoms with van der Waals surface area (Å²) in [5.41, 5.74) is 1.51. The Balaban J connectivity index is 2.47. The fourth-order valence-electron chi connectivity index (χ4n) is 1.97. The molecule has 0 radical (unpaired) electrons. The molecule has 2 rings (SSSR count). The molecule has 0 spiro atoms. The molecule has 1 N–H and O–H groups in total. The number of amides is 1. The highest BCUT2D eigenvalue weighted by molar-refractivity contribution is 9.10. The zero-order chi connectivity index (χ0) is 13.4. The molecule has 2 atom stereocenters. The van der Waals surface area contributed by atoms with Gasteiger partial charge in [0, 0.05) is 4.47 Å². The first-order valence-corrected chi connectivity index (χ1v) is 6.20. The van der Waals surface area contributed by atoms with Crippen molar-refractivity contribution in [3.05, 3.63) is 28.2 Å². The lowest BCUT2D eigenvalue weighted by Gasteiger charge is -2.21. The topological polar surface area (TPSA) is 66.8 Å². The molecule has 5 nitrogen and oxygen atoms in total. The maximum atomic E-state index is 11.8. The number of aryl methyl sites for hydroxylation is 1. The number of rotatable bonds is 2. The highest BCUT2D eigenvalue weighted by atomic mass is 79.9. The highest BCUT2D eigenvalue weighted by Gasteiger charge is 2.45. The van der Waals surface area contributed by atoms with Crippen LogP contribution < -0.4 is 4.90 Å². The van der Waals surface area contributed by atoms with Gasteiger partial charge in [-0.15, -0.1) is 0 Å². The Morgan fingerprint density at radius 1 is 1.50 bits per heavy atom. The van der Waals surface area contributed by atoms with Crippen LogP contribution in [0.1, 0.15) is 12.5 Å². The van der Waals surface area contributed by atoms with E-state index >= 15 is 0 Å². The minimum atomic E-state index is -1.08. The Bertz CT molecular complexity index is 517. The van der Waals surface area contributed by atoms with Crippen LogP contribution in [0.4, 0.5) is 10.5 Å². The first-order valence-electron chi connectivity index (χ1n) is 5.40. The van der Waals surface area contributed by atoms with Crippen LogP contribution in [-0.4, -0.2) is 29.3 Å². The van der Waals surface area contributed by atoms with E-state index in [1.807, 2.05) is 19.1 Å². The summed E-state index contributed by atoms with van der Waals surface area (Å²) in [7, 11) is 0. The van der Waals surface area contributed by atoms with Crippen LogP contribution >= 0.6 is 15.9 Å². The first kappa shape index (κ1) is 12.9. The van der Waals surface area contributed by atoms with Gasteiger partial charge in [-0.25, -0.2) is 9.59 Å². The lowest BCUT2D eigenvalue weighted by Crippen LogP contribution is -2.42. The third-order valence-electron chi connectivity index (χ3n) is 2.82. The first-order chi connectivity index (χ1) is 8.41. The van der Waals surface area contributed by atoms with Gasteiger partial charge in [-0.3, -0.25) is 4.90 Å². The SMILES string of the molecule is Cc1ccc(N2C(=O)OC(C)C2C(=O)O)c(Br)c1. The molecular formula is C12H12BrNO4. The number of carbonyl (C=O) groups is 2. The van der Waals surface area contributed by atoms with Crippen molar-refractivity contribution < 1.29 is 19.4 Å². The molecule has 0 bridgehead atoms. The molecule has 1 aromatic carbocycles. The second kappa shape index (κ2) is 4.61. The summed E-state index contributed by atoms with van der Waals surface area (Å²) in [5, 5.41) is 9.19. The number of carboxylic acids is 1. The molecule has 1 aliphatic heterocycles. The zero-order valence-corrected chi connectivity index (χ0v) is 11.5. The summed E-state index contributed by atoms with van der Waals surface area (Å²) in [6, 6.07) is 4.34. The van der Waals surface area contributed by atoms with Crippen LogP contribution in [0.15, 0.2) is 22.7 Å². The maximum Gasteiger partial charge on any atom is 0.415 e. The van der Waals surface area contributed by atoms with Crippen LogP contribution in [0, 0.1) is 6.92 Å². The smallest absolute Gasteiger partial charge is 0.415 e. The van der Waals surface area contributed by atoms with Crippen molar-refractivity contribution >= 4 is 33.7 Å². The molecule has 0 aromatic heterocycles. The van der Waals surface area contributed by atoms with E-state index in [1.54, 1.807) is 13.0 Å². The number of hydrogen-bond donors (Lipinski definition) is 1. The maximum absolute atomic E-state index is 11.8. The fraction of sp³-hybridized carbons (Fsp3) is 0.333. The predicted molar refractivity (Wildman–Crippen MR) is 68.7 cm³/mol. The molecule has 1 aromatic rings. The van der Waals surface area contributed by atoms with E-state index in [-0.39, 0.29) is 0 Å². The van der Waals surface area contributed by atoms with Gasteiger partial charge in [0.05, 0.1) is 5.69 Å². The molecule has 1 amide bonds. The Morgan fingerprint density at radius 2 is 2.17 bits per heavy atom. The number of hydrogen-bond acceptors (Lipinski definition) is 3. The summed E-state index contributed by atoms with van der Waals surface area (Å²) < 4.78 is 5.64. The van der Waals surface area contributed by atoms with Crippen molar-refractivity contribution in [1.29, 1.82) is 0 Å². The van der Waals surface area contributed by atoms with Gasteiger partial charge in [-0.05, 0) is 47.5 Å². The summed E-state index contributed by atoms with van der Waals surface area (Å²) in [5.74, 6) is -1.08. The van der Waals surface area contributed by atoms with Crippen LogP contribution in [0.5, 0.6) is 0 Å². The standard InChI is InChI=1S/C12H12BrNO4/c1-6-3-4-9(8(13)5-6)14-10(11(15)16)7(2)18-12(14)17/h3-5,7,10H,1-2H3,(H,15,16). The molecule has 96 valence electrons. The number of benzene rings is 1. The highest BCUT2D eigenvalue weighted by Crippen LogP contribution is 2.33. The summed E-state index contributed by atoms with van der Waals surface area (Å²) in [6.07, 6.45) is -1.32. The quantitative estimate of drug-likeness (QED) is 0.911. The second-order valence-electron chi connectivity index (χ2n) is 4.20. The molecule has 0 aliphatic carbocycles. The number of nitrogens with zero attached hydrogens (tertiary/aromatic N) is 1. The van der Waals surface area contributed by atoms with Crippen molar-refractivity contribution in [3.63, 3.8) is 0 Å². The minimum Gasteiger partial charge on any atom is -0.480 e. The largest absolute Gasteiger partial charge is 0.480 e. The Labute approximate surface area is 112 Å². The second-order valence-corrected chi connectivity index (χ2v) is 5.05. The van der Waals surface area contributed by atoms with Gasteiger partial charge in [0.2, 0.25) is 0 Å². The van der Waals surface area contributed by atoms with Gasteiger partial charge in [0.1, 0.15) is 6.10 Å². The average Bonchev–Trinajstić information content (AvgIpc) is 2.53. The number of anilines is 1. The van der Waals surface area contributed by atoms with E-state index in [0.29, 0.717) is 10.2 Å². The van der Waals surface area contributed by atoms with Gasteiger partial charge in [-0.2, -0.15) is 0 Å². The Morgan fingerprint density at radius 3 is 2.72 bits per heavy atom. The molecule has 1 saturated heterocycles. The van der Waals surface area contributed by atoms with Gasteiger partial charge in [0.25, 0.3) is 0 Å². The molecule has 2 unspecified atom stereocenters. The van der Waals surface area contributed by atoms with E-state index in [4.69, 9.17) is 4.74 Å². The molecule has 1 fully saturated rings. The zero-order valence-electron chi connectivity index (χ0n) is 9.88. The third-order valence-corrected chi connectivity index (χ3v) is 3.46. The van der Waals surface area contributed by atoms with Gasteiger partial charge in [-0.1, -0.05) is 6.07 Å². The van der Waals surface area contributed by atoms with Crippen molar-refractivity contribution in [3.8, 4) is 0 Å². The lowest BCUT2D eigenvalue weighted by atomic mass is 10.1. The van der Waals surface area contributed by atoms with Crippen LogP contribution in [0.25, 0.3) is 0 Å². The molecule has 18 heavy (non-hydrogen) atoms. The number of halogens is 1. The molecular weight excluding hydrogens is 302 g/mol. The van der Waals surface area contributed by atoms with Gasteiger partial charge in [0.15, 0.2) is 6.04 Å². The van der Waals surface area contributed by atoms with E-state index in [2.05, 4.69) is 15.9 Å². The molecule has 1 heterocycles. The monoisotopic (exact) mass is 313 g/mol. The lowest BCUT2D eigenvalue weighted by molar-refractivity contribution is -0.139. The van der Waals surface area contributed by atoms with Crippen molar-refractivity contribution in [1.82, 2.24) is 0 Å². The van der Waals surface area contributed by atoms with Gasteiger partial charge >= 0.3 is 12.1 Å². The third kappa shape index (κ3) is 2.08. The van der Waals surface area contributed by atoms with Crippen LogP contribution in [0.3, 0.4) is 0 Å². The predicted octanol–water partition coefficient (Wildman–Crippen LogP) is 2.56.